The van der Waals surface area contributed by atoms with Gasteiger partial charge in [0.15, 0.2) is 0 Å². The van der Waals surface area contributed by atoms with Crippen molar-refractivity contribution in [2.24, 2.45) is 47.3 Å². The molecule has 8 rings (SSSR count). The molecular weight excluding hydrogens is 260 g/mol. The minimum atomic E-state index is -0.399. The molecule has 0 aromatic carbocycles. The zero-order valence-corrected chi connectivity index (χ0v) is 12.0. The molecule has 21 heavy (non-hydrogen) atoms. The van der Waals surface area contributed by atoms with Crippen LogP contribution in [0.5, 0.6) is 0 Å². The van der Waals surface area contributed by atoms with E-state index in [1.165, 1.54) is 12.0 Å². The van der Waals surface area contributed by atoms with E-state index in [1.54, 1.807) is 0 Å². The maximum absolute atomic E-state index is 11.6. The van der Waals surface area contributed by atoms with Crippen LogP contribution >= 0.6 is 0 Å². The summed E-state index contributed by atoms with van der Waals surface area (Å²) in [5.74, 6) is 6.87. The van der Waals surface area contributed by atoms with E-state index in [1.807, 2.05) is 12.4 Å². The molecule has 10 atom stereocenters. The van der Waals surface area contributed by atoms with Gasteiger partial charge in [0.1, 0.15) is 5.72 Å². The molecule has 0 spiro atoms. The van der Waals surface area contributed by atoms with Gasteiger partial charge in [0.05, 0.1) is 0 Å². The van der Waals surface area contributed by atoms with Gasteiger partial charge in [-0.1, -0.05) is 0 Å². The van der Waals surface area contributed by atoms with Crippen LogP contribution in [0.25, 0.3) is 0 Å². The highest BCUT2D eigenvalue weighted by Gasteiger charge is 2.93. The summed E-state index contributed by atoms with van der Waals surface area (Å²) in [6.07, 6.45) is 6.30. The third kappa shape index (κ3) is 0.825. The maximum atomic E-state index is 11.6. The molecule has 2 aliphatic heterocycles. The Labute approximate surface area is 124 Å². The topological polar surface area (TPSA) is 36.4 Å². The smallest absolute Gasteiger partial charge is 0.125 e. The fraction of sp³-hybridized carbons (Fsp3) is 0.722. The second-order valence-corrected chi connectivity index (χ2v) is 8.50. The fourth-order valence-corrected chi connectivity index (χ4v) is 8.66. The van der Waals surface area contributed by atoms with Gasteiger partial charge in [0.2, 0.25) is 0 Å². The zero-order valence-electron chi connectivity index (χ0n) is 12.0. The lowest BCUT2D eigenvalue weighted by Crippen LogP contribution is -2.51. The normalized spacial score (nSPS) is 63.2. The zero-order chi connectivity index (χ0) is 13.5. The molecule has 5 saturated carbocycles. The first-order valence-corrected chi connectivity index (χ1v) is 8.70. The van der Waals surface area contributed by atoms with Crippen LogP contribution in [0, 0.1) is 47.3 Å². The molecule has 0 radical (unpaired) electrons. The first-order valence-electron chi connectivity index (χ1n) is 8.70. The summed E-state index contributed by atoms with van der Waals surface area (Å²) in [5.41, 5.74) is 0.960. The van der Waals surface area contributed by atoms with Gasteiger partial charge in [0, 0.05) is 36.8 Å². The molecule has 0 unspecified atom stereocenters. The van der Waals surface area contributed by atoms with Crippen molar-refractivity contribution in [2.45, 2.75) is 24.6 Å². The van der Waals surface area contributed by atoms with Gasteiger partial charge in [-0.2, -0.15) is 0 Å². The molecule has 3 heteroatoms. The minimum absolute atomic E-state index is 0.399. The van der Waals surface area contributed by atoms with Gasteiger partial charge in [-0.05, 0) is 66.0 Å². The van der Waals surface area contributed by atoms with E-state index < -0.39 is 5.72 Å². The van der Waals surface area contributed by atoms with Crippen molar-refractivity contribution in [1.29, 1.82) is 0 Å². The van der Waals surface area contributed by atoms with Crippen LogP contribution in [0.1, 0.15) is 12.0 Å². The lowest BCUT2D eigenvalue weighted by atomic mass is 9.59. The quantitative estimate of drug-likeness (QED) is 0.909. The van der Waals surface area contributed by atoms with E-state index in [-0.39, 0.29) is 0 Å². The van der Waals surface area contributed by atoms with Crippen molar-refractivity contribution in [3.05, 3.63) is 30.1 Å². The van der Waals surface area contributed by atoms with E-state index in [0.29, 0.717) is 11.8 Å². The SMILES string of the molecule is O[C@@]12[C@@H]3[C@@H]4[C@H]5C[C@H]6[C@@H]4[C@@H]3[C@H]([C@H]6[C@H]51)N2CCc1ccncc1. The molecule has 108 valence electrons. The van der Waals surface area contributed by atoms with Crippen LogP contribution in [0.2, 0.25) is 0 Å². The Balaban J connectivity index is 1.27. The molecule has 1 N–H and O–H groups in total. The minimum Gasteiger partial charge on any atom is -0.375 e. The summed E-state index contributed by atoms with van der Waals surface area (Å²) in [4.78, 5) is 6.68. The van der Waals surface area contributed by atoms with E-state index in [4.69, 9.17) is 0 Å². The van der Waals surface area contributed by atoms with E-state index in [0.717, 1.165) is 54.5 Å². The third-order valence-electron chi connectivity index (χ3n) is 8.60. The summed E-state index contributed by atoms with van der Waals surface area (Å²) < 4.78 is 0. The van der Waals surface area contributed by atoms with Gasteiger partial charge in [0.25, 0.3) is 0 Å². The molecule has 7 fully saturated rings. The number of pyridine rings is 1. The number of rotatable bonds is 3. The summed E-state index contributed by atoms with van der Waals surface area (Å²) in [5, 5.41) is 11.6. The molecule has 0 amide bonds. The van der Waals surface area contributed by atoms with Crippen molar-refractivity contribution in [1.82, 2.24) is 9.88 Å². The summed E-state index contributed by atoms with van der Waals surface area (Å²) in [6, 6.07) is 4.98. The van der Waals surface area contributed by atoms with E-state index >= 15 is 0 Å². The number of nitrogens with zero attached hydrogens (tertiary/aromatic N) is 2. The highest BCUT2D eigenvalue weighted by molar-refractivity contribution is 5.40. The van der Waals surface area contributed by atoms with Crippen LogP contribution in [0.4, 0.5) is 0 Å². The molecule has 5 aliphatic carbocycles. The Morgan fingerprint density at radius 2 is 1.95 bits per heavy atom. The van der Waals surface area contributed by atoms with Crippen LogP contribution in [0.3, 0.4) is 0 Å². The lowest BCUT2D eigenvalue weighted by molar-refractivity contribution is -0.130. The van der Waals surface area contributed by atoms with E-state index in [2.05, 4.69) is 22.0 Å². The fourth-order valence-electron chi connectivity index (χ4n) is 8.66. The summed E-state index contributed by atoms with van der Waals surface area (Å²) >= 11 is 0. The van der Waals surface area contributed by atoms with Gasteiger partial charge in [-0.3, -0.25) is 9.88 Å². The Hall–Kier alpha value is -0.930. The van der Waals surface area contributed by atoms with Crippen LogP contribution in [-0.4, -0.2) is 33.3 Å². The first kappa shape index (κ1) is 10.7. The van der Waals surface area contributed by atoms with Crippen molar-refractivity contribution in [3.8, 4) is 0 Å². The van der Waals surface area contributed by atoms with Crippen LogP contribution in [0.15, 0.2) is 24.5 Å². The van der Waals surface area contributed by atoms with Crippen molar-refractivity contribution >= 4 is 0 Å². The standard InChI is InChI=1S/C18H20N2O/c21-18-15-10-7-9-11-12(10)16(18)14(11)17(13(9)15)20(18)6-3-8-1-4-19-5-2-8/h1-2,4-5,9-17,21H,3,6-7H2/t9-,10+,11-,12+,13+,14-,15-,16+,17-,18+/m0/s1. The van der Waals surface area contributed by atoms with Crippen LogP contribution < -0.4 is 0 Å². The molecule has 7 aliphatic rings. The Bertz CT molecular complexity index is 662. The third-order valence-corrected chi connectivity index (χ3v) is 8.60. The molecule has 3 heterocycles. The monoisotopic (exact) mass is 280 g/mol. The number of hydrogen-bond donors (Lipinski definition) is 1. The Kier molecular flexibility index (Phi) is 1.50. The average Bonchev–Trinajstić information content (AvgIpc) is 3.10. The maximum Gasteiger partial charge on any atom is 0.125 e. The Morgan fingerprint density at radius 1 is 1.10 bits per heavy atom. The average molecular weight is 280 g/mol. The first-order chi connectivity index (χ1) is 10.3. The van der Waals surface area contributed by atoms with Crippen molar-refractivity contribution in [3.63, 3.8) is 0 Å². The second-order valence-electron chi connectivity index (χ2n) is 8.50. The molecule has 4 bridgehead atoms. The van der Waals surface area contributed by atoms with Gasteiger partial charge in [-0.15, -0.1) is 0 Å². The second kappa shape index (κ2) is 2.93. The molecule has 3 nitrogen and oxygen atoms in total. The summed E-state index contributed by atoms with van der Waals surface area (Å²) in [7, 11) is 0. The molecule has 2 saturated heterocycles. The predicted molar refractivity (Wildman–Crippen MR) is 75.9 cm³/mol. The Morgan fingerprint density at radius 3 is 2.81 bits per heavy atom. The van der Waals surface area contributed by atoms with E-state index in [9.17, 15) is 5.11 Å². The van der Waals surface area contributed by atoms with Gasteiger partial charge < -0.3 is 5.11 Å². The number of aromatic nitrogens is 1. The largest absolute Gasteiger partial charge is 0.375 e. The predicted octanol–water partition coefficient (Wildman–Crippen LogP) is 1.38. The van der Waals surface area contributed by atoms with Gasteiger partial charge >= 0.3 is 0 Å². The van der Waals surface area contributed by atoms with Crippen LogP contribution in [-0.2, 0) is 6.42 Å². The molecule has 1 aromatic heterocycles. The lowest BCUT2D eigenvalue weighted by Gasteiger charge is -2.45. The summed E-state index contributed by atoms with van der Waals surface area (Å²) in [6.45, 7) is 1.05. The number of aliphatic hydroxyl groups is 1. The highest BCUT2D eigenvalue weighted by atomic mass is 16.3. The van der Waals surface area contributed by atoms with Crippen molar-refractivity contribution in [2.75, 3.05) is 6.54 Å². The highest BCUT2D eigenvalue weighted by Crippen LogP contribution is 2.90. The van der Waals surface area contributed by atoms with Crippen molar-refractivity contribution < 1.29 is 5.11 Å². The molecular formula is C18H20N2O. The molecule has 1 aromatic rings. The van der Waals surface area contributed by atoms with Gasteiger partial charge in [-0.25, -0.2) is 0 Å². The number of hydrogen-bond acceptors (Lipinski definition) is 3.